The molecule has 28 heteroatoms. The monoisotopic (exact) mass is 1190 g/mol. The first-order valence-corrected chi connectivity index (χ1v) is 28.3. The van der Waals surface area contributed by atoms with Crippen LogP contribution in [0.5, 0.6) is 0 Å². The van der Waals surface area contributed by atoms with Gasteiger partial charge in [0.25, 0.3) is 5.69 Å². The van der Waals surface area contributed by atoms with Crippen molar-refractivity contribution in [2.24, 2.45) is 11.8 Å². The predicted molar refractivity (Wildman–Crippen MR) is 300 cm³/mol. The number of alkyl carbamates (subject to hydrolysis) is 4. The number of benzene rings is 1. The van der Waals surface area contributed by atoms with Gasteiger partial charge >= 0.3 is 30.5 Å². The summed E-state index contributed by atoms with van der Waals surface area (Å²) in [6.07, 6.45) is -11.4. The van der Waals surface area contributed by atoms with Gasteiger partial charge in [0.2, 0.25) is 5.91 Å². The van der Waals surface area contributed by atoms with Crippen LogP contribution in [0.3, 0.4) is 0 Å². The van der Waals surface area contributed by atoms with Crippen molar-refractivity contribution in [1.29, 1.82) is 0 Å². The summed E-state index contributed by atoms with van der Waals surface area (Å²) >= 11 is 0. The number of nitro benzene ring substituents is 1. The molecule has 5 rings (SSSR count). The number of ether oxygens (including phenoxy) is 8. The van der Waals surface area contributed by atoms with Gasteiger partial charge in [0.15, 0.2) is 6.29 Å². The lowest BCUT2D eigenvalue weighted by Gasteiger charge is -2.52. The average Bonchev–Trinajstić information content (AvgIpc) is 1.49. The minimum Gasteiger partial charge on any atom is -0.491 e. The second-order valence-electron chi connectivity index (χ2n) is 26.1. The molecule has 0 bridgehead atoms. The number of hydrogen-bond donors (Lipinski definition) is 10. The lowest BCUT2D eigenvalue weighted by molar-refractivity contribution is -0.384. The number of nitrogens with one attached hydrogen (secondary N) is 6. The molecule has 1 saturated heterocycles. The minimum atomic E-state index is -1.90. The van der Waals surface area contributed by atoms with E-state index in [-0.39, 0.29) is 62.4 Å². The number of likely N-dealkylation sites (N-methyl/N-ethyl adjacent to an activating group) is 1. The fourth-order valence-electron chi connectivity index (χ4n) is 10.2. The molecule has 1 unspecified atom stereocenters. The normalized spacial score (nSPS) is 28.5. The number of nitro groups is 1. The number of aliphatic hydroxyl groups excluding tert-OH is 3. The molecule has 10 N–H and O–H groups in total. The Morgan fingerprint density at radius 3 is 1.94 bits per heavy atom. The van der Waals surface area contributed by atoms with Crippen molar-refractivity contribution in [2.45, 2.75) is 224 Å². The maximum atomic E-state index is 14.1. The maximum absolute atomic E-state index is 14.1. The van der Waals surface area contributed by atoms with Gasteiger partial charge in [0, 0.05) is 49.8 Å². The quantitative estimate of drug-likeness (QED) is 0.0534. The van der Waals surface area contributed by atoms with Crippen molar-refractivity contribution in [3.05, 3.63) is 51.8 Å². The molecule has 0 spiro atoms. The molecule has 1 aromatic rings. The van der Waals surface area contributed by atoms with E-state index in [4.69, 9.17) is 37.9 Å². The van der Waals surface area contributed by atoms with Crippen LogP contribution in [0.4, 0.5) is 29.7 Å². The fraction of sp³-hybridized carbons (Fsp3) is 0.750. The topological polar surface area (TPSA) is 376 Å². The van der Waals surface area contributed by atoms with Crippen LogP contribution in [0.15, 0.2) is 36.1 Å². The van der Waals surface area contributed by atoms with E-state index in [2.05, 4.69) is 31.9 Å². The van der Waals surface area contributed by atoms with E-state index < -0.39 is 143 Å². The van der Waals surface area contributed by atoms with E-state index >= 15 is 0 Å². The third kappa shape index (κ3) is 21.0. The Morgan fingerprint density at radius 2 is 1.36 bits per heavy atom. The first-order chi connectivity index (χ1) is 38.8. The fourth-order valence-corrected chi connectivity index (χ4v) is 10.2. The SMILES string of the molecule is CN(C(=O)OC(C)(C)C)[C@@H]1[C@@H](O)[C@@H](O[C@@H]2[C@@H](O)[C@H](C3OC(CNC(=O)OCc4ccc([N+](=O)[O-])cc4)=CC[C@H]3NC[C@H]3C[C@H](NC(=O)OC(C)(C)C)C3)[C@@H](NC(=O)OC(C)(C)C)C[C@H]2NC(=O)[C@@H](O)CCNC(=O)OC(C)(C)C)OC[C@]1(C)O. The van der Waals surface area contributed by atoms with E-state index in [1.807, 2.05) is 0 Å². The Kier molecular flexibility index (Phi) is 23.0. The molecule has 12 atom stereocenters. The summed E-state index contributed by atoms with van der Waals surface area (Å²) < 4.78 is 46.7. The number of non-ortho nitro benzene ring substituents is 1. The first-order valence-electron chi connectivity index (χ1n) is 28.3. The molecule has 84 heavy (non-hydrogen) atoms. The van der Waals surface area contributed by atoms with Gasteiger partial charge in [0.05, 0.1) is 36.3 Å². The Labute approximate surface area is 490 Å². The second kappa shape index (κ2) is 28.3. The largest absolute Gasteiger partial charge is 0.491 e. The smallest absolute Gasteiger partial charge is 0.410 e. The van der Waals surface area contributed by atoms with Crippen molar-refractivity contribution < 1.29 is 92.0 Å². The summed E-state index contributed by atoms with van der Waals surface area (Å²) in [6, 6.07) is 0.637. The minimum absolute atomic E-state index is 0.0467. The Hall–Kier alpha value is -6.30. The highest BCUT2D eigenvalue weighted by Gasteiger charge is 2.56. The summed E-state index contributed by atoms with van der Waals surface area (Å²) in [7, 11) is 1.31. The second-order valence-corrected chi connectivity index (χ2v) is 26.1. The van der Waals surface area contributed by atoms with Gasteiger partial charge in [0.1, 0.15) is 64.8 Å². The molecule has 474 valence electrons. The van der Waals surface area contributed by atoms with Crippen LogP contribution in [-0.2, 0) is 49.3 Å². The van der Waals surface area contributed by atoms with E-state index in [9.17, 15) is 59.3 Å². The lowest BCUT2D eigenvalue weighted by Crippen LogP contribution is -2.71. The number of carbonyl (C=O) groups is 6. The number of hydrogen-bond acceptors (Lipinski definition) is 21. The van der Waals surface area contributed by atoms with Crippen molar-refractivity contribution in [3.63, 3.8) is 0 Å². The van der Waals surface area contributed by atoms with Gasteiger partial charge in [-0.15, -0.1) is 0 Å². The lowest BCUT2D eigenvalue weighted by atomic mass is 9.71. The molecule has 2 aliphatic heterocycles. The van der Waals surface area contributed by atoms with Crippen molar-refractivity contribution in [3.8, 4) is 0 Å². The van der Waals surface area contributed by atoms with Gasteiger partial charge < -0.3 is 95.1 Å². The number of aliphatic hydroxyl groups is 4. The molecular weight excluding hydrogens is 1100 g/mol. The van der Waals surface area contributed by atoms with Crippen molar-refractivity contribution in [1.82, 2.24) is 36.8 Å². The standard InChI is InChI=1S/C56H90N8O20/c1-52(2,3)81-48(70)57-22-21-38(65)45(68)61-37-25-36(62-50(72)83-54(7,8)9)39(40(66)43(37)80-46-41(67)44(56(13,74)29-78-46)63(14)51(73)84-55(10,11)12)42-35(58-26-31-23-32(24-31)60-49(71)82-53(4,5)6)20-19-34(79-42)27-59-47(69)77-28-30-15-17-33(18-16-30)64(75)76/h15-19,31-32,35-44,46,58,65-67,74H,20-29H2,1-14H3,(H,57,70)(H,59,69)(H,60,71)(H,61,68)(H,62,72)/t31-,32-,35-,36+,37-,38+,39-,40+,41-,42?,43+,44-,46-,56+/m1/s1. The average molecular weight is 1200 g/mol. The molecule has 2 saturated carbocycles. The van der Waals surface area contributed by atoms with Crippen LogP contribution in [0.2, 0.25) is 0 Å². The zero-order chi connectivity index (χ0) is 62.9. The molecule has 0 radical (unpaired) electrons. The maximum Gasteiger partial charge on any atom is 0.410 e. The number of carbonyl (C=O) groups excluding carboxylic acids is 6. The molecule has 1 aromatic carbocycles. The van der Waals surface area contributed by atoms with Crippen LogP contribution in [-0.4, -0.2) is 195 Å². The number of nitrogens with zero attached hydrogens (tertiary/aromatic N) is 2. The zero-order valence-electron chi connectivity index (χ0n) is 50.7. The molecule has 2 aliphatic carbocycles. The Morgan fingerprint density at radius 1 is 0.774 bits per heavy atom. The number of rotatable bonds is 19. The number of amides is 6. The highest BCUT2D eigenvalue weighted by molar-refractivity contribution is 5.81. The van der Waals surface area contributed by atoms with Crippen molar-refractivity contribution in [2.75, 3.05) is 33.3 Å². The van der Waals surface area contributed by atoms with Crippen LogP contribution in [0.25, 0.3) is 0 Å². The summed E-state index contributed by atoms with van der Waals surface area (Å²) in [5, 5.41) is 76.5. The van der Waals surface area contributed by atoms with Crippen LogP contribution in [0.1, 0.15) is 128 Å². The van der Waals surface area contributed by atoms with Gasteiger partial charge in [-0.05, 0) is 158 Å². The molecule has 28 nitrogen and oxygen atoms in total. The zero-order valence-corrected chi connectivity index (χ0v) is 50.7. The summed E-state index contributed by atoms with van der Waals surface area (Å²) in [5.41, 5.74) is -5.11. The summed E-state index contributed by atoms with van der Waals surface area (Å²) in [4.78, 5) is 91.3. The van der Waals surface area contributed by atoms with E-state index in [0.29, 0.717) is 24.9 Å². The predicted octanol–water partition coefficient (Wildman–Crippen LogP) is 3.88. The van der Waals surface area contributed by atoms with Gasteiger partial charge in [-0.3, -0.25) is 14.9 Å². The van der Waals surface area contributed by atoms with Gasteiger partial charge in [-0.1, -0.05) is 0 Å². The van der Waals surface area contributed by atoms with Gasteiger partial charge in [-0.2, -0.15) is 0 Å². The Bertz CT molecular complexity index is 2470. The van der Waals surface area contributed by atoms with Crippen LogP contribution >= 0.6 is 0 Å². The van der Waals surface area contributed by atoms with Crippen LogP contribution < -0.4 is 31.9 Å². The van der Waals surface area contributed by atoms with Crippen LogP contribution in [0, 0.1) is 22.0 Å². The molecule has 4 aliphatic rings. The molecule has 0 aromatic heterocycles. The highest BCUT2D eigenvalue weighted by Crippen LogP contribution is 2.39. The molecular formula is C56H90N8O20. The summed E-state index contributed by atoms with van der Waals surface area (Å²) in [5.74, 6) is -1.97. The van der Waals surface area contributed by atoms with E-state index in [0.717, 1.165) is 4.90 Å². The van der Waals surface area contributed by atoms with Gasteiger partial charge in [-0.25, -0.2) is 24.0 Å². The first kappa shape index (κ1) is 68.5. The molecule has 3 fully saturated rings. The van der Waals surface area contributed by atoms with E-state index in [1.54, 1.807) is 89.2 Å². The summed E-state index contributed by atoms with van der Waals surface area (Å²) in [6.45, 7) is 20.7. The van der Waals surface area contributed by atoms with E-state index in [1.165, 1.54) is 38.2 Å². The molecule has 2 heterocycles. The Balaban J connectivity index is 1.51. The molecule has 6 amide bonds. The highest BCUT2D eigenvalue weighted by atomic mass is 16.7. The third-order valence-electron chi connectivity index (χ3n) is 13.9. The van der Waals surface area contributed by atoms with Crippen molar-refractivity contribution >= 4 is 42.1 Å². The third-order valence-corrected chi connectivity index (χ3v) is 13.9.